The molecule has 0 radical (unpaired) electrons. The summed E-state index contributed by atoms with van der Waals surface area (Å²) >= 11 is 0. The van der Waals surface area contributed by atoms with E-state index < -0.39 is 12.0 Å². The van der Waals surface area contributed by atoms with Crippen molar-refractivity contribution in [1.29, 1.82) is 0 Å². The molecular weight excluding hydrogens is 212 g/mol. The highest BCUT2D eigenvalue weighted by Gasteiger charge is 2.15. The van der Waals surface area contributed by atoms with Crippen LogP contribution in [0.25, 0.3) is 0 Å². The van der Waals surface area contributed by atoms with Crippen molar-refractivity contribution in [3.63, 3.8) is 0 Å². The van der Waals surface area contributed by atoms with Crippen LogP contribution in [0.15, 0.2) is 0 Å². The molecule has 4 N–H and O–H groups in total. The van der Waals surface area contributed by atoms with Crippen LogP contribution < -0.4 is 11.1 Å². The number of aliphatic carboxylic acids is 1. The highest BCUT2D eigenvalue weighted by atomic mass is 16.5. The number of nitrogens with two attached hydrogens (primary N) is 1. The van der Waals surface area contributed by atoms with Gasteiger partial charge in [0.1, 0.15) is 0 Å². The first-order valence-electron chi connectivity index (χ1n) is 5.21. The molecule has 0 spiro atoms. The van der Waals surface area contributed by atoms with Gasteiger partial charge < -0.3 is 20.9 Å². The molecule has 2 atom stereocenters. The molecule has 0 saturated carbocycles. The van der Waals surface area contributed by atoms with Crippen molar-refractivity contribution < 1.29 is 19.4 Å². The van der Waals surface area contributed by atoms with E-state index in [0.717, 1.165) is 0 Å². The van der Waals surface area contributed by atoms with Crippen molar-refractivity contribution in [2.45, 2.75) is 25.8 Å². The third kappa shape index (κ3) is 7.19. The van der Waals surface area contributed by atoms with Crippen molar-refractivity contribution in [2.75, 3.05) is 20.3 Å². The lowest BCUT2D eigenvalue weighted by Crippen LogP contribution is -2.42. The van der Waals surface area contributed by atoms with Gasteiger partial charge in [0.25, 0.3) is 0 Å². The predicted molar refractivity (Wildman–Crippen MR) is 58.9 cm³/mol. The van der Waals surface area contributed by atoms with Crippen molar-refractivity contribution >= 4 is 11.9 Å². The largest absolute Gasteiger partial charge is 0.481 e. The first-order valence-corrected chi connectivity index (χ1v) is 5.21. The molecule has 0 heterocycles. The molecule has 6 heteroatoms. The Labute approximate surface area is 95.1 Å². The zero-order valence-corrected chi connectivity index (χ0v) is 9.73. The number of hydrogen-bond acceptors (Lipinski definition) is 4. The molecule has 0 aromatic heterocycles. The highest BCUT2D eigenvalue weighted by Crippen LogP contribution is 1.96. The van der Waals surface area contributed by atoms with Gasteiger partial charge in [-0.2, -0.15) is 0 Å². The number of nitrogens with one attached hydrogen (secondary N) is 1. The first kappa shape index (κ1) is 14.9. The molecule has 0 aliphatic heterocycles. The summed E-state index contributed by atoms with van der Waals surface area (Å²) in [7, 11) is 1.59. The van der Waals surface area contributed by atoms with E-state index in [0.29, 0.717) is 13.2 Å². The Morgan fingerprint density at radius 1 is 1.50 bits per heavy atom. The Morgan fingerprint density at radius 3 is 2.62 bits per heavy atom. The van der Waals surface area contributed by atoms with Crippen LogP contribution >= 0.6 is 0 Å². The molecule has 0 fully saturated rings. The van der Waals surface area contributed by atoms with Gasteiger partial charge in [-0.05, 0) is 12.3 Å². The number of hydrogen-bond donors (Lipinski definition) is 3. The topological polar surface area (TPSA) is 102 Å². The summed E-state index contributed by atoms with van der Waals surface area (Å²) in [4.78, 5) is 21.7. The fourth-order valence-corrected chi connectivity index (χ4v) is 1.16. The standard InChI is InChI=1S/C10H20N2O4/c1-7(6-16-2)5-12-10(15)8(11)3-4-9(13)14/h7-8H,3-6,11H2,1-2H3,(H,12,15)(H,13,14). The second-order valence-electron chi connectivity index (χ2n) is 3.84. The Bertz CT molecular complexity index is 233. The monoisotopic (exact) mass is 232 g/mol. The fraction of sp³-hybridized carbons (Fsp3) is 0.800. The molecule has 0 saturated heterocycles. The maximum atomic E-state index is 11.4. The van der Waals surface area contributed by atoms with E-state index in [4.69, 9.17) is 15.6 Å². The Kier molecular flexibility index (Phi) is 7.49. The second-order valence-corrected chi connectivity index (χ2v) is 3.84. The van der Waals surface area contributed by atoms with E-state index in [-0.39, 0.29) is 24.7 Å². The van der Waals surface area contributed by atoms with Crippen LogP contribution in [0.5, 0.6) is 0 Å². The molecular formula is C10H20N2O4. The Hall–Kier alpha value is -1.14. The minimum atomic E-state index is -0.948. The van der Waals surface area contributed by atoms with E-state index in [1.165, 1.54) is 0 Å². The number of carboxylic acids is 1. The van der Waals surface area contributed by atoms with Crippen molar-refractivity contribution in [1.82, 2.24) is 5.32 Å². The number of amides is 1. The van der Waals surface area contributed by atoms with Crippen LogP contribution in [-0.2, 0) is 14.3 Å². The molecule has 16 heavy (non-hydrogen) atoms. The summed E-state index contributed by atoms with van der Waals surface area (Å²) in [6, 6.07) is -0.758. The quantitative estimate of drug-likeness (QED) is 0.527. The van der Waals surface area contributed by atoms with E-state index in [1.54, 1.807) is 7.11 Å². The zero-order chi connectivity index (χ0) is 12.6. The lowest BCUT2D eigenvalue weighted by molar-refractivity contribution is -0.137. The maximum Gasteiger partial charge on any atom is 0.303 e. The van der Waals surface area contributed by atoms with Crippen LogP contribution in [0.4, 0.5) is 0 Å². The molecule has 0 aromatic rings. The fourth-order valence-electron chi connectivity index (χ4n) is 1.16. The van der Waals surface area contributed by atoms with E-state index in [2.05, 4.69) is 5.32 Å². The number of ether oxygens (including phenoxy) is 1. The summed E-state index contributed by atoms with van der Waals surface area (Å²) in [6.07, 6.45) is 0.0576. The highest BCUT2D eigenvalue weighted by molar-refractivity contribution is 5.82. The van der Waals surface area contributed by atoms with Gasteiger partial charge in [0.05, 0.1) is 12.6 Å². The SMILES string of the molecule is COCC(C)CNC(=O)C(N)CCC(=O)O. The second kappa shape index (κ2) is 8.06. The van der Waals surface area contributed by atoms with Gasteiger partial charge in [0, 0.05) is 20.1 Å². The number of carbonyl (C=O) groups excluding carboxylic acids is 1. The van der Waals surface area contributed by atoms with Gasteiger partial charge in [-0.3, -0.25) is 9.59 Å². The molecule has 0 rings (SSSR count). The van der Waals surface area contributed by atoms with E-state index in [1.807, 2.05) is 6.92 Å². The Morgan fingerprint density at radius 2 is 2.12 bits per heavy atom. The van der Waals surface area contributed by atoms with Crippen LogP contribution in [0.1, 0.15) is 19.8 Å². The summed E-state index contributed by atoms with van der Waals surface area (Å²) in [5.74, 6) is -1.05. The minimum Gasteiger partial charge on any atom is -0.481 e. The van der Waals surface area contributed by atoms with Gasteiger partial charge in [0.2, 0.25) is 5.91 Å². The Balaban J connectivity index is 3.74. The number of carbonyl (C=O) groups is 2. The van der Waals surface area contributed by atoms with Crippen LogP contribution in [0, 0.1) is 5.92 Å². The van der Waals surface area contributed by atoms with Crippen molar-refractivity contribution in [3.05, 3.63) is 0 Å². The first-order chi connectivity index (χ1) is 7.47. The zero-order valence-electron chi connectivity index (χ0n) is 9.73. The average molecular weight is 232 g/mol. The molecule has 6 nitrogen and oxygen atoms in total. The normalized spacial score (nSPS) is 14.2. The third-order valence-electron chi connectivity index (χ3n) is 2.08. The van der Waals surface area contributed by atoms with Gasteiger partial charge >= 0.3 is 5.97 Å². The molecule has 94 valence electrons. The molecule has 0 aromatic carbocycles. The lowest BCUT2D eigenvalue weighted by Gasteiger charge is -2.14. The predicted octanol–water partition coefficient (Wildman–Crippen LogP) is -0.423. The lowest BCUT2D eigenvalue weighted by atomic mass is 10.1. The number of rotatable bonds is 8. The molecule has 2 unspecified atom stereocenters. The van der Waals surface area contributed by atoms with Gasteiger partial charge in [0.15, 0.2) is 0 Å². The van der Waals surface area contributed by atoms with Crippen LogP contribution in [-0.4, -0.2) is 43.3 Å². The minimum absolute atomic E-state index is 0.0950. The summed E-state index contributed by atoms with van der Waals surface area (Å²) in [5, 5.41) is 11.1. The smallest absolute Gasteiger partial charge is 0.303 e. The van der Waals surface area contributed by atoms with Gasteiger partial charge in [-0.15, -0.1) is 0 Å². The van der Waals surface area contributed by atoms with E-state index in [9.17, 15) is 9.59 Å². The summed E-state index contributed by atoms with van der Waals surface area (Å²) in [5.41, 5.74) is 5.52. The summed E-state index contributed by atoms with van der Waals surface area (Å²) < 4.78 is 4.92. The van der Waals surface area contributed by atoms with Gasteiger partial charge in [-0.25, -0.2) is 0 Å². The number of carboxylic acid groups (broad SMARTS) is 1. The van der Waals surface area contributed by atoms with E-state index >= 15 is 0 Å². The van der Waals surface area contributed by atoms with Crippen LogP contribution in [0.2, 0.25) is 0 Å². The molecule has 1 amide bonds. The number of methoxy groups -OCH3 is 1. The maximum absolute atomic E-state index is 11.4. The van der Waals surface area contributed by atoms with Gasteiger partial charge in [-0.1, -0.05) is 6.92 Å². The molecule has 0 bridgehead atoms. The molecule has 0 aliphatic rings. The van der Waals surface area contributed by atoms with Crippen LogP contribution in [0.3, 0.4) is 0 Å². The van der Waals surface area contributed by atoms with Crippen molar-refractivity contribution in [2.24, 2.45) is 11.7 Å². The third-order valence-corrected chi connectivity index (χ3v) is 2.08. The van der Waals surface area contributed by atoms with Crippen molar-refractivity contribution in [3.8, 4) is 0 Å². The molecule has 0 aliphatic carbocycles. The summed E-state index contributed by atoms with van der Waals surface area (Å²) in [6.45, 7) is 2.98. The average Bonchev–Trinajstić information content (AvgIpc) is 2.22.